The maximum absolute atomic E-state index is 12.9. The maximum atomic E-state index is 12.9. The maximum Gasteiger partial charge on any atom is 0.251 e. The van der Waals surface area contributed by atoms with Crippen LogP contribution in [0.1, 0.15) is 35.7 Å². The van der Waals surface area contributed by atoms with E-state index in [1.807, 2.05) is 37.3 Å². The van der Waals surface area contributed by atoms with E-state index in [1.54, 1.807) is 24.3 Å². The summed E-state index contributed by atoms with van der Waals surface area (Å²) in [5.41, 5.74) is 1.44. The molecule has 5 nitrogen and oxygen atoms in total. The second-order valence-corrected chi connectivity index (χ2v) is 7.51. The summed E-state index contributed by atoms with van der Waals surface area (Å²) in [6.07, 6.45) is 2.37. The van der Waals surface area contributed by atoms with Crippen molar-refractivity contribution in [2.24, 2.45) is 0 Å². The summed E-state index contributed by atoms with van der Waals surface area (Å²) in [6, 6.07) is 15.4. The summed E-state index contributed by atoms with van der Waals surface area (Å²) in [6.45, 7) is 2.67. The first-order valence-electron chi connectivity index (χ1n) is 9.55. The number of halogens is 1. The highest BCUT2D eigenvalue weighted by atomic mass is 35.5. The zero-order valence-electron chi connectivity index (χ0n) is 15.9. The van der Waals surface area contributed by atoms with Crippen LogP contribution in [0.2, 0.25) is 5.02 Å². The Labute approximate surface area is 170 Å². The third kappa shape index (κ3) is 5.57. The highest BCUT2D eigenvalue weighted by Gasteiger charge is 2.28. The van der Waals surface area contributed by atoms with Gasteiger partial charge in [0.15, 0.2) is 0 Å². The van der Waals surface area contributed by atoms with Gasteiger partial charge in [-0.3, -0.25) is 9.59 Å². The molecule has 1 fully saturated rings. The molecule has 0 spiro atoms. The van der Waals surface area contributed by atoms with E-state index in [0.717, 1.165) is 25.0 Å². The van der Waals surface area contributed by atoms with Crippen LogP contribution in [-0.2, 0) is 16.0 Å². The Morgan fingerprint density at radius 1 is 1.11 bits per heavy atom. The van der Waals surface area contributed by atoms with Gasteiger partial charge in [-0.2, -0.15) is 0 Å². The van der Waals surface area contributed by atoms with Crippen molar-refractivity contribution in [3.8, 4) is 0 Å². The molecule has 0 aliphatic carbocycles. The Morgan fingerprint density at radius 2 is 1.82 bits per heavy atom. The van der Waals surface area contributed by atoms with Crippen molar-refractivity contribution in [2.45, 2.75) is 44.4 Å². The molecule has 2 amide bonds. The van der Waals surface area contributed by atoms with Crippen LogP contribution in [0.25, 0.3) is 0 Å². The minimum Gasteiger partial charge on any atom is -0.376 e. The molecule has 1 heterocycles. The SMILES string of the molecule is C[C@H](NC(=O)[C@@H](Cc1ccccc1)NC(=O)c1ccc(Cl)cc1)[C@H]1CCCO1. The molecule has 2 aromatic carbocycles. The van der Waals surface area contributed by atoms with Crippen molar-refractivity contribution >= 4 is 23.4 Å². The van der Waals surface area contributed by atoms with E-state index in [-0.39, 0.29) is 24.0 Å². The van der Waals surface area contributed by atoms with E-state index in [2.05, 4.69) is 10.6 Å². The third-order valence-electron chi connectivity index (χ3n) is 4.90. The molecule has 1 aliphatic heterocycles. The van der Waals surface area contributed by atoms with Gasteiger partial charge < -0.3 is 15.4 Å². The van der Waals surface area contributed by atoms with Gasteiger partial charge in [0.1, 0.15) is 6.04 Å². The molecule has 28 heavy (non-hydrogen) atoms. The van der Waals surface area contributed by atoms with Crippen molar-refractivity contribution in [1.82, 2.24) is 10.6 Å². The lowest BCUT2D eigenvalue weighted by atomic mass is 10.0. The Morgan fingerprint density at radius 3 is 2.46 bits per heavy atom. The molecule has 6 heteroatoms. The number of hydrogen-bond donors (Lipinski definition) is 2. The van der Waals surface area contributed by atoms with Crippen LogP contribution in [0.15, 0.2) is 54.6 Å². The fourth-order valence-corrected chi connectivity index (χ4v) is 3.44. The Hall–Kier alpha value is -2.37. The van der Waals surface area contributed by atoms with Crippen LogP contribution in [0.3, 0.4) is 0 Å². The molecule has 0 bridgehead atoms. The van der Waals surface area contributed by atoms with Crippen LogP contribution >= 0.6 is 11.6 Å². The van der Waals surface area contributed by atoms with Gasteiger partial charge in [0.2, 0.25) is 5.91 Å². The highest BCUT2D eigenvalue weighted by molar-refractivity contribution is 6.30. The summed E-state index contributed by atoms with van der Waals surface area (Å²) in [4.78, 5) is 25.6. The lowest BCUT2D eigenvalue weighted by molar-refractivity contribution is -0.124. The zero-order chi connectivity index (χ0) is 19.9. The Bertz CT molecular complexity index is 789. The number of hydrogen-bond acceptors (Lipinski definition) is 3. The lowest BCUT2D eigenvalue weighted by Gasteiger charge is -2.24. The third-order valence-corrected chi connectivity index (χ3v) is 5.16. The van der Waals surface area contributed by atoms with E-state index in [0.29, 0.717) is 17.0 Å². The van der Waals surface area contributed by atoms with Crippen molar-refractivity contribution in [1.29, 1.82) is 0 Å². The molecule has 1 aliphatic rings. The zero-order valence-corrected chi connectivity index (χ0v) is 16.6. The Kier molecular flexibility index (Phi) is 7.06. The molecule has 2 aromatic rings. The summed E-state index contributed by atoms with van der Waals surface area (Å²) in [5.74, 6) is -0.522. The van der Waals surface area contributed by atoms with Gasteiger partial charge >= 0.3 is 0 Å². The molecule has 0 saturated carbocycles. The minimum absolute atomic E-state index is 0.0216. The minimum atomic E-state index is -0.686. The lowest BCUT2D eigenvalue weighted by Crippen LogP contribution is -2.52. The monoisotopic (exact) mass is 400 g/mol. The van der Waals surface area contributed by atoms with Gasteiger partial charge in [0.25, 0.3) is 5.91 Å². The summed E-state index contributed by atoms with van der Waals surface area (Å²) < 4.78 is 5.66. The van der Waals surface area contributed by atoms with Gasteiger partial charge in [-0.25, -0.2) is 0 Å². The number of rotatable bonds is 7. The number of nitrogens with one attached hydrogen (secondary N) is 2. The van der Waals surface area contributed by atoms with Crippen LogP contribution < -0.4 is 10.6 Å². The van der Waals surface area contributed by atoms with Crippen molar-refractivity contribution in [2.75, 3.05) is 6.61 Å². The van der Waals surface area contributed by atoms with Crippen LogP contribution in [0.4, 0.5) is 0 Å². The van der Waals surface area contributed by atoms with Crippen molar-refractivity contribution < 1.29 is 14.3 Å². The van der Waals surface area contributed by atoms with E-state index in [9.17, 15) is 9.59 Å². The smallest absolute Gasteiger partial charge is 0.251 e. The standard InChI is InChI=1S/C22H25ClN2O3/c1-15(20-8-5-13-28-20)24-22(27)19(14-16-6-3-2-4-7-16)25-21(26)17-9-11-18(23)12-10-17/h2-4,6-7,9-12,15,19-20H,5,8,13-14H2,1H3,(H,24,27)(H,25,26)/t15-,19+,20+/m0/s1. The average Bonchev–Trinajstić information content (AvgIpc) is 3.23. The quantitative estimate of drug-likeness (QED) is 0.748. The predicted molar refractivity (Wildman–Crippen MR) is 109 cm³/mol. The fourth-order valence-electron chi connectivity index (χ4n) is 3.32. The summed E-state index contributed by atoms with van der Waals surface area (Å²) in [7, 11) is 0. The Balaban J connectivity index is 1.71. The molecule has 0 unspecified atom stereocenters. The largest absolute Gasteiger partial charge is 0.376 e. The topological polar surface area (TPSA) is 67.4 Å². The van der Waals surface area contributed by atoms with Crippen molar-refractivity contribution in [3.05, 3.63) is 70.7 Å². The van der Waals surface area contributed by atoms with E-state index < -0.39 is 6.04 Å². The summed E-state index contributed by atoms with van der Waals surface area (Å²) >= 11 is 5.89. The van der Waals surface area contributed by atoms with Crippen LogP contribution in [0.5, 0.6) is 0 Å². The second kappa shape index (κ2) is 9.71. The van der Waals surface area contributed by atoms with E-state index >= 15 is 0 Å². The molecule has 0 radical (unpaired) electrons. The first kappa shape index (κ1) is 20.4. The van der Waals surface area contributed by atoms with Gasteiger partial charge in [-0.05, 0) is 49.6 Å². The van der Waals surface area contributed by atoms with Crippen LogP contribution in [0, 0.1) is 0 Å². The first-order chi connectivity index (χ1) is 13.5. The molecule has 2 N–H and O–H groups in total. The molecule has 0 aromatic heterocycles. The first-order valence-corrected chi connectivity index (χ1v) is 9.93. The van der Waals surface area contributed by atoms with Gasteiger partial charge in [0.05, 0.1) is 12.1 Å². The molecule has 3 rings (SSSR count). The molecular formula is C22H25ClN2O3. The van der Waals surface area contributed by atoms with Gasteiger partial charge in [-0.15, -0.1) is 0 Å². The highest BCUT2D eigenvalue weighted by Crippen LogP contribution is 2.16. The van der Waals surface area contributed by atoms with Gasteiger partial charge in [0, 0.05) is 23.6 Å². The molecular weight excluding hydrogens is 376 g/mol. The number of benzene rings is 2. The fraction of sp³-hybridized carbons (Fsp3) is 0.364. The molecule has 148 valence electrons. The van der Waals surface area contributed by atoms with E-state index in [4.69, 9.17) is 16.3 Å². The molecule has 3 atom stereocenters. The average molecular weight is 401 g/mol. The predicted octanol–water partition coefficient (Wildman–Crippen LogP) is 3.36. The summed E-state index contributed by atoms with van der Waals surface area (Å²) in [5, 5.41) is 6.43. The molecule has 1 saturated heterocycles. The van der Waals surface area contributed by atoms with Crippen LogP contribution in [-0.4, -0.2) is 36.6 Å². The normalized spacial score (nSPS) is 18.3. The van der Waals surface area contributed by atoms with Crippen molar-refractivity contribution in [3.63, 3.8) is 0 Å². The van der Waals surface area contributed by atoms with E-state index in [1.165, 1.54) is 0 Å². The second-order valence-electron chi connectivity index (χ2n) is 7.07. The number of carbonyl (C=O) groups excluding carboxylic acids is 2. The number of amides is 2. The number of ether oxygens (including phenoxy) is 1. The van der Waals surface area contributed by atoms with Gasteiger partial charge in [-0.1, -0.05) is 41.9 Å². The number of carbonyl (C=O) groups is 2.